The number of thiol groups is 1. The quantitative estimate of drug-likeness (QED) is 0.713. The van der Waals surface area contributed by atoms with Gasteiger partial charge < -0.3 is 5.11 Å². The molecule has 0 aromatic heterocycles. The van der Waals surface area contributed by atoms with Crippen molar-refractivity contribution < 1.29 is 5.11 Å². The summed E-state index contributed by atoms with van der Waals surface area (Å²) in [5.74, 6) is 1.70. The summed E-state index contributed by atoms with van der Waals surface area (Å²) in [6.45, 7) is 0. The molecular formula is C11H18OS. The minimum absolute atomic E-state index is 0.248. The van der Waals surface area contributed by atoms with Crippen LogP contribution in [0, 0.1) is 0 Å². The molecule has 0 atom stereocenters. The highest BCUT2D eigenvalue weighted by Gasteiger charge is 1.94. The summed E-state index contributed by atoms with van der Waals surface area (Å²) in [6.07, 6.45) is 7.03. The van der Waals surface area contributed by atoms with Crippen molar-refractivity contribution >= 4 is 10.9 Å². The van der Waals surface area contributed by atoms with Gasteiger partial charge in [-0.3, -0.25) is 10.9 Å². The number of aromatic hydroxyl groups is 1. The van der Waals surface area contributed by atoms with Crippen LogP contribution in [0.15, 0.2) is 24.3 Å². The third-order valence-corrected chi connectivity index (χ3v) is 3.22. The smallest absolute Gasteiger partial charge is 0.115 e. The third kappa shape index (κ3) is 4.23. The summed E-state index contributed by atoms with van der Waals surface area (Å²) < 4.78 is 0. The van der Waals surface area contributed by atoms with Crippen LogP contribution in [-0.2, 0) is 6.42 Å². The topological polar surface area (TPSA) is 20.2 Å². The van der Waals surface area contributed by atoms with Crippen LogP contribution >= 0.6 is 10.9 Å². The van der Waals surface area contributed by atoms with E-state index in [1.807, 2.05) is 12.1 Å². The van der Waals surface area contributed by atoms with E-state index in [2.05, 4.69) is 12.5 Å². The SMILES string of the molecule is C[SH](C)CCCc1ccc(O)cc1. The molecular weight excluding hydrogens is 180 g/mol. The molecule has 0 amide bonds. The van der Waals surface area contributed by atoms with E-state index in [0.717, 1.165) is 6.42 Å². The Kier molecular flexibility index (Phi) is 4.16. The summed E-state index contributed by atoms with van der Waals surface area (Å²) >= 11 is 0. The monoisotopic (exact) mass is 198 g/mol. The second-order valence-corrected chi connectivity index (χ2v) is 6.18. The first-order chi connectivity index (χ1) is 6.18. The number of benzene rings is 1. The molecule has 0 aliphatic rings. The molecule has 74 valence electrons. The number of hydrogen-bond acceptors (Lipinski definition) is 1. The van der Waals surface area contributed by atoms with Crippen LogP contribution in [0.25, 0.3) is 0 Å². The molecule has 0 aliphatic heterocycles. The van der Waals surface area contributed by atoms with Crippen molar-refractivity contribution in [3.63, 3.8) is 0 Å². The van der Waals surface area contributed by atoms with Crippen LogP contribution in [0.4, 0.5) is 0 Å². The Morgan fingerprint density at radius 3 is 2.31 bits per heavy atom. The predicted octanol–water partition coefficient (Wildman–Crippen LogP) is 2.59. The minimum atomic E-state index is 0.248. The van der Waals surface area contributed by atoms with Crippen LogP contribution in [0.1, 0.15) is 12.0 Å². The van der Waals surface area contributed by atoms with Crippen LogP contribution in [-0.4, -0.2) is 23.4 Å². The van der Waals surface area contributed by atoms with Gasteiger partial charge in [0.1, 0.15) is 5.75 Å². The van der Waals surface area contributed by atoms with Crippen molar-refractivity contribution in [2.75, 3.05) is 18.3 Å². The zero-order chi connectivity index (χ0) is 9.68. The van der Waals surface area contributed by atoms with Gasteiger partial charge in [-0.2, -0.15) is 0 Å². The van der Waals surface area contributed by atoms with Crippen molar-refractivity contribution in [1.82, 2.24) is 0 Å². The van der Waals surface area contributed by atoms with E-state index in [1.54, 1.807) is 12.1 Å². The maximum atomic E-state index is 9.07. The molecule has 1 nitrogen and oxygen atoms in total. The number of hydrogen-bond donors (Lipinski definition) is 2. The van der Waals surface area contributed by atoms with Crippen LogP contribution in [0.3, 0.4) is 0 Å². The van der Waals surface area contributed by atoms with Crippen molar-refractivity contribution in [2.45, 2.75) is 12.8 Å². The third-order valence-electron chi connectivity index (χ3n) is 2.01. The summed E-state index contributed by atoms with van der Waals surface area (Å²) in [6, 6.07) is 7.53. The van der Waals surface area contributed by atoms with Gasteiger partial charge in [0.2, 0.25) is 0 Å². The highest BCUT2D eigenvalue weighted by molar-refractivity contribution is 8.15. The highest BCUT2D eigenvalue weighted by Crippen LogP contribution is 2.17. The average Bonchev–Trinajstić information content (AvgIpc) is 2.08. The second-order valence-electron chi connectivity index (χ2n) is 3.57. The molecule has 0 aliphatic carbocycles. The molecule has 0 radical (unpaired) electrons. The molecule has 2 heteroatoms. The molecule has 1 aromatic carbocycles. The lowest BCUT2D eigenvalue weighted by molar-refractivity contribution is 0.475. The molecule has 13 heavy (non-hydrogen) atoms. The normalized spacial score (nSPS) is 11.4. The van der Waals surface area contributed by atoms with E-state index in [-0.39, 0.29) is 10.9 Å². The summed E-state index contributed by atoms with van der Waals surface area (Å²) in [7, 11) is 0.248. The zero-order valence-corrected chi connectivity index (χ0v) is 9.22. The fourth-order valence-electron chi connectivity index (χ4n) is 1.26. The van der Waals surface area contributed by atoms with E-state index >= 15 is 0 Å². The number of phenolic OH excluding ortho intramolecular Hbond substituents is 1. The van der Waals surface area contributed by atoms with Gasteiger partial charge in [0.25, 0.3) is 0 Å². The number of aryl methyl sites for hydroxylation is 1. The molecule has 0 unspecified atom stereocenters. The van der Waals surface area contributed by atoms with Crippen LogP contribution in [0.5, 0.6) is 5.75 Å². The van der Waals surface area contributed by atoms with Crippen LogP contribution < -0.4 is 0 Å². The first-order valence-electron chi connectivity index (χ1n) is 4.61. The molecule has 1 rings (SSSR count). The molecule has 0 heterocycles. The maximum Gasteiger partial charge on any atom is 0.115 e. The minimum Gasteiger partial charge on any atom is -0.508 e. The van der Waals surface area contributed by atoms with E-state index in [1.165, 1.54) is 17.7 Å². The lowest BCUT2D eigenvalue weighted by Gasteiger charge is -2.08. The van der Waals surface area contributed by atoms with Gasteiger partial charge in [0.15, 0.2) is 0 Å². The van der Waals surface area contributed by atoms with Crippen molar-refractivity contribution in [1.29, 1.82) is 0 Å². The fraction of sp³-hybridized carbons (Fsp3) is 0.455. The maximum absolute atomic E-state index is 9.07. The first kappa shape index (κ1) is 10.5. The van der Waals surface area contributed by atoms with Gasteiger partial charge in [-0.25, -0.2) is 0 Å². The molecule has 1 aromatic rings. The van der Waals surface area contributed by atoms with Gasteiger partial charge in [-0.1, -0.05) is 12.1 Å². The second kappa shape index (κ2) is 5.18. The van der Waals surface area contributed by atoms with Gasteiger partial charge in [0, 0.05) is 0 Å². The molecule has 0 spiro atoms. The largest absolute Gasteiger partial charge is 0.508 e. The van der Waals surface area contributed by atoms with Gasteiger partial charge in [-0.05, 0) is 48.8 Å². The Morgan fingerprint density at radius 1 is 1.15 bits per heavy atom. The standard InChI is InChI=1S/C11H18OS/c1-13(2)9-3-4-10-5-7-11(12)8-6-10/h5-8,12-13H,3-4,9H2,1-2H3. The molecule has 1 N–H and O–H groups in total. The van der Waals surface area contributed by atoms with Crippen molar-refractivity contribution in [2.24, 2.45) is 0 Å². The van der Waals surface area contributed by atoms with Crippen molar-refractivity contribution in [3.8, 4) is 5.75 Å². The first-order valence-corrected chi connectivity index (χ1v) is 7.03. The summed E-state index contributed by atoms with van der Waals surface area (Å²) in [4.78, 5) is 0. The van der Waals surface area contributed by atoms with E-state index < -0.39 is 0 Å². The van der Waals surface area contributed by atoms with E-state index in [4.69, 9.17) is 5.11 Å². The lowest BCUT2D eigenvalue weighted by atomic mass is 10.1. The van der Waals surface area contributed by atoms with Crippen LogP contribution in [0.2, 0.25) is 0 Å². The Morgan fingerprint density at radius 2 is 1.77 bits per heavy atom. The van der Waals surface area contributed by atoms with Crippen molar-refractivity contribution in [3.05, 3.63) is 29.8 Å². The summed E-state index contributed by atoms with van der Waals surface area (Å²) in [5, 5.41) is 9.07. The Balaban J connectivity index is 2.33. The summed E-state index contributed by atoms with van der Waals surface area (Å²) in [5.41, 5.74) is 1.33. The molecule has 0 saturated carbocycles. The lowest BCUT2D eigenvalue weighted by Crippen LogP contribution is -1.90. The molecule has 0 fully saturated rings. The highest BCUT2D eigenvalue weighted by atomic mass is 32.2. The van der Waals surface area contributed by atoms with Gasteiger partial charge >= 0.3 is 0 Å². The Bertz CT molecular complexity index is 241. The Hall–Kier alpha value is -0.630. The number of rotatable bonds is 4. The molecule has 0 saturated heterocycles. The predicted molar refractivity (Wildman–Crippen MR) is 62.1 cm³/mol. The number of phenols is 1. The van der Waals surface area contributed by atoms with Gasteiger partial charge in [0.05, 0.1) is 0 Å². The molecule has 0 bridgehead atoms. The van der Waals surface area contributed by atoms with E-state index in [9.17, 15) is 0 Å². The van der Waals surface area contributed by atoms with E-state index in [0.29, 0.717) is 5.75 Å². The Labute approximate surface area is 83.1 Å². The zero-order valence-electron chi connectivity index (χ0n) is 8.33. The fourth-order valence-corrected chi connectivity index (χ4v) is 2.05. The van der Waals surface area contributed by atoms with Gasteiger partial charge in [-0.15, -0.1) is 0 Å². The average molecular weight is 198 g/mol.